The molecular formula is C28H25F4N9. The number of piperidine rings is 1. The largest absolute Gasteiger partial charge is 0.382 e. The van der Waals surface area contributed by atoms with Gasteiger partial charge in [-0.1, -0.05) is 0 Å². The summed E-state index contributed by atoms with van der Waals surface area (Å²) in [6.07, 6.45) is 2.75. The summed E-state index contributed by atoms with van der Waals surface area (Å²) in [7, 11) is 0. The molecule has 13 heteroatoms. The van der Waals surface area contributed by atoms with Crippen LogP contribution < -0.4 is 16.4 Å². The Labute approximate surface area is 231 Å². The van der Waals surface area contributed by atoms with Gasteiger partial charge in [-0.2, -0.15) is 0 Å². The highest BCUT2D eigenvalue weighted by molar-refractivity contribution is 5.81. The van der Waals surface area contributed by atoms with Gasteiger partial charge in [-0.15, -0.1) is 0 Å². The second-order valence-corrected chi connectivity index (χ2v) is 10.1. The summed E-state index contributed by atoms with van der Waals surface area (Å²) in [6, 6.07) is 10.3. The maximum atomic E-state index is 14.0. The van der Waals surface area contributed by atoms with E-state index in [0.717, 1.165) is 22.9 Å². The number of rotatable bonds is 6. The molecule has 1 aliphatic rings. The van der Waals surface area contributed by atoms with E-state index in [1.54, 1.807) is 24.7 Å². The molecule has 210 valence electrons. The summed E-state index contributed by atoms with van der Waals surface area (Å²) in [5.74, 6) is -1.17. The number of fused-ring (bicyclic) bond motifs is 1. The lowest BCUT2D eigenvalue weighted by atomic mass is 9.85. The molecule has 1 aliphatic heterocycles. The molecular weight excluding hydrogens is 538 g/mol. The van der Waals surface area contributed by atoms with E-state index in [9.17, 15) is 17.6 Å². The van der Waals surface area contributed by atoms with Crippen LogP contribution in [0.3, 0.4) is 0 Å². The molecule has 1 saturated heterocycles. The first-order chi connectivity index (χ1) is 19.7. The van der Waals surface area contributed by atoms with Crippen molar-refractivity contribution in [3.8, 4) is 11.3 Å². The molecule has 4 aromatic heterocycles. The van der Waals surface area contributed by atoms with Crippen molar-refractivity contribution in [3.05, 3.63) is 89.9 Å². The Bertz CT molecular complexity index is 1720. The van der Waals surface area contributed by atoms with Crippen molar-refractivity contribution in [2.75, 3.05) is 23.7 Å². The van der Waals surface area contributed by atoms with E-state index in [2.05, 4.69) is 24.9 Å². The second-order valence-electron chi connectivity index (χ2n) is 10.1. The van der Waals surface area contributed by atoms with Crippen LogP contribution in [0.15, 0.2) is 61.3 Å². The number of aromatic nitrogens is 6. The van der Waals surface area contributed by atoms with Crippen molar-refractivity contribution >= 4 is 22.7 Å². The van der Waals surface area contributed by atoms with E-state index in [1.807, 2.05) is 15.5 Å². The third-order valence-electron chi connectivity index (χ3n) is 7.33. The first kappa shape index (κ1) is 26.6. The van der Waals surface area contributed by atoms with Gasteiger partial charge in [-0.25, -0.2) is 37.5 Å². The molecule has 5 heterocycles. The SMILES string of the molecule is Nc1ncnc2c1ncn2Cc1cc(-c2ccc(F)cc2)ncc1N1CCC[C@](N)(c2ccc(F)c(C(F)F)n2)C1. The summed E-state index contributed by atoms with van der Waals surface area (Å²) < 4.78 is 56.2. The number of nitrogens with zero attached hydrogens (tertiary/aromatic N) is 7. The molecule has 5 aromatic rings. The van der Waals surface area contributed by atoms with Crippen molar-refractivity contribution < 1.29 is 17.6 Å². The van der Waals surface area contributed by atoms with Gasteiger partial charge in [-0.05, 0) is 60.9 Å². The molecule has 0 unspecified atom stereocenters. The van der Waals surface area contributed by atoms with Crippen LogP contribution in [0.5, 0.6) is 0 Å². The molecule has 0 amide bonds. The monoisotopic (exact) mass is 563 g/mol. The Balaban J connectivity index is 1.40. The number of alkyl halides is 2. The summed E-state index contributed by atoms with van der Waals surface area (Å²) >= 11 is 0. The van der Waals surface area contributed by atoms with Gasteiger partial charge in [0, 0.05) is 18.7 Å². The van der Waals surface area contributed by atoms with Crippen molar-refractivity contribution in [3.63, 3.8) is 0 Å². The van der Waals surface area contributed by atoms with E-state index in [-0.39, 0.29) is 23.9 Å². The van der Waals surface area contributed by atoms with Gasteiger partial charge in [0.25, 0.3) is 6.43 Å². The maximum Gasteiger partial charge on any atom is 0.283 e. The lowest BCUT2D eigenvalue weighted by molar-refractivity contribution is 0.139. The highest BCUT2D eigenvalue weighted by Gasteiger charge is 2.36. The standard InChI is InChI=1S/C28H25F4N9/c29-18-4-2-16(3-5-18)20-10-17(12-41-15-38-24-26(33)36-14-37-27(24)41)21(11-35-20)40-9-1-8-28(34,13-40)22-7-6-19(30)23(39-22)25(31)32/h2-7,10-11,14-15,25H,1,8-9,12-13,34H2,(H2,33,36,37)/t28-/m1/s1. The van der Waals surface area contributed by atoms with Gasteiger partial charge in [-0.3, -0.25) is 4.98 Å². The minimum absolute atomic E-state index is 0.198. The van der Waals surface area contributed by atoms with Gasteiger partial charge in [0.1, 0.15) is 23.4 Å². The molecule has 1 aromatic carbocycles. The molecule has 0 aliphatic carbocycles. The predicted octanol–water partition coefficient (Wildman–Crippen LogP) is 4.58. The predicted molar refractivity (Wildman–Crippen MR) is 145 cm³/mol. The van der Waals surface area contributed by atoms with Crippen LogP contribution in [-0.2, 0) is 12.1 Å². The zero-order valence-corrected chi connectivity index (χ0v) is 21.7. The maximum absolute atomic E-state index is 14.0. The number of halogens is 4. The molecule has 41 heavy (non-hydrogen) atoms. The van der Waals surface area contributed by atoms with E-state index < -0.39 is 23.5 Å². The molecule has 4 N–H and O–H groups in total. The first-order valence-electron chi connectivity index (χ1n) is 12.9. The minimum atomic E-state index is -3.06. The number of hydrogen-bond acceptors (Lipinski definition) is 8. The van der Waals surface area contributed by atoms with E-state index in [0.29, 0.717) is 42.8 Å². The summed E-state index contributed by atoms with van der Waals surface area (Å²) in [5, 5.41) is 0. The number of anilines is 2. The van der Waals surface area contributed by atoms with Gasteiger partial charge in [0.15, 0.2) is 17.3 Å². The minimum Gasteiger partial charge on any atom is -0.382 e. The number of hydrogen-bond donors (Lipinski definition) is 2. The van der Waals surface area contributed by atoms with E-state index in [1.165, 1.54) is 24.5 Å². The van der Waals surface area contributed by atoms with Gasteiger partial charge in [0.2, 0.25) is 0 Å². The van der Waals surface area contributed by atoms with Crippen LogP contribution in [0.25, 0.3) is 22.4 Å². The Kier molecular flexibility index (Phi) is 6.73. The molecule has 0 radical (unpaired) electrons. The fraction of sp³-hybridized carbons (Fsp3) is 0.250. The van der Waals surface area contributed by atoms with Crippen molar-refractivity contribution in [2.24, 2.45) is 5.73 Å². The zero-order chi connectivity index (χ0) is 28.7. The molecule has 1 atom stereocenters. The summed E-state index contributed by atoms with van der Waals surface area (Å²) in [6.45, 7) is 1.18. The molecule has 0 spiro atoms. The van der Waals surface area contributed by atoms with Crippen LogP contribution in [0, 0.1) is 11.6 Å². The number of pyridine rings is 2. The fourth-order valence-corrected chi connectivity index (χ4v) is 5.26. The Hall–Kier alpha value is -4.65. The van der Waals surface area contributed by atoms with E-state index in [4.69, 9.17) is 11.5 Å². The summed E-state index contributed by atoms with van der Waals surface area (Å²) in [4.78, 5) is 23.3. The molecule has 0 bridgehead atoms. The lowest BCUT2D eigenvalue weighted by Crippen LogP contribution is -2.52. The van der Waals surface area contributed by atoms with Gasteiger partial charge < -0.3 is 20.9 Å². The van der Waals surface area contributed by atoms with Crippen LogP contribution in [-0.4, -0.2) is 42.6 Å². The number of benzene rings is 1. The first-order valence-corrected chi connectivity index (χ1v) is 12.9. The Morgan fingerprint density at radius 3 is 2.59 bits per heavy atom. The Morgan fingerprint density at radius 2 is 1.80 bits per heavy atom. The number of nitrogen functional groups attached to an aromatic ring is 1. The van der Waals surface area contributed by atoms with Crippen LogP contribution >= 0.6 is 0 Å². The number of imidazole rings is 1. The normalized spacial score (nSPS) is 17.5. The smallest absolute Gasteiger partial charge is 0.283 e. The molecule has 6 rings (SSSR count). The quantitative estimate of drug-likeness (QED) is 0.288. The van der Waals surface area contributed by atoms with Crippen LogP contribution in [0.4, 0.5) is 29.1 Å². The van der Waals surface area contributed by atoms with Crippen molar-refractivity contribution in [1.29, 1.82) is 0 Å². The average Bonchev–Trinajstić information content (AvgIpc) is 3.37. The third-order valence-corrected chi connectivity index (χ3v) is 7.33. The Morgan fingerprint density at radius 1 is 1.00 bits per heavy atom. The van der Waals surface area contributed by atoms with Gasteiger partial charge >= 0.3 is 0 Å². The lowest BCUT2D eigenvalue weighted by Gasteiger charge is -2.41. The second kappa shape index (κ2) is 10.4. The topological polar surface area (TPSA) is 125 Å². The van der Waals surface area contributed by atoms with Gasteiger partial charge in [0.05, 0.1) is 41.7 Å². The molecule has 1 fully saturated rings. The highest BCUT2D eigenvalue weighted by atomic mass is 19.3. The van der Waals surface area contributed by atoms with Crippen molar-refractivity contribution in [2.45, 2.75) is 31.4 Å². The highest BCUT2D eigenvalue weighted by Crippen LogP contribution is 2.35. The zero-order valence-electron chi connectivity index (χ0n) is 21.7. The third kappa shape index (κ3) is 5.04. The average molecular weight is 564 g/mol. The van der Waals surface area contributed by atoms with Crippen LogP contribution in [0.1, 0.15) is 36.2 Å². The molecule has 9 nitrogen and oxygen atoms in total. The number of nitrogens with two attached hydrogens (primary N) is 2. The fourth-order valence-electron chi connectivity index (χ4n) is 5.26. The van der Waals surface area contributed by atoms with E-state index >= 15 is 0 Å². The van der Waals surface area contributed by atoms with Crippen molar-refractivity contribution in [1.82, 2.24) is 29.5 Å². The molecule has 0 saturated carbocycles. The summed E-state index contributed by atoms with van der Waals surface area (Å²) in [5.41, 5.74) is 14.9. The van der Waals surface area contributed by atoms with Crippen LogP contribution in [0.2, 0.25) is 0 Å².